The van der Waals surface area contributed by atoms with Crippen LogP contribution in [0.4, 0.5) is 4.39 Å². The lowest BCUT2D eigenvalue weighted by Gasteiger charge is -2.26. The summed E-state index contributed by atoms with van der Waals surface area (Å²) in [5, 5.41) is 8.44. The Morgan fingerprint density at radius 3 is 2.67 bits per heavy atom. The average Bonchev–Trinajstić information content (AvgIpc) is 2.27. The van der Waals surface area contributed by atoms with E-state index in [1.165, 1.54) is 0 Å². The number of hydrogen-bond acceptors (Lipinski definition) is 2. The molecule has 12 heavy (non-hydrogen) atoms. The number of hydrogen-bond donors (Lipinski definition) is 1. The first-order valence-electron chi connectivity index (χ1n) is 3.96. The Labute approximate surface area is 70.5 Å². The van der Waals surface area contributed by atoms with Gasteiger partial charge in [-0.25, -0.2) is 9.18 Å². The van der Waals surface area contributed by atoms with Gasteiger partial charge in [-0.05, 0) is 20.3 Å². The smallest absolute Gasteiger partial charge is 0.338 e. The molecule has 0 amide bonds. The van der Waals surface area contributed by atoms with E-state index in [0.29, 0.717) is 13.0 Å². The normalized spacial score (nSPS) is 30.1. The second-order valence-corrected chi connectivity index (χ2v) is 3.59. The Balaban J connectivity index is 2.68. The molecule has 1 heterocycles. The summed E-state index contributed by atoms with van der Waals surface area (Å²) in [6.45, 7) is 3.89. The maximum Gasteiger partial charge on any atom is 0.338 e. The van der Waals surface area contributed by atoms with Crippen LogP contribution < -0.4 is 0 Å². The third-order valence-corrected chi connectivity index (χ3v) is 2.39. The Morgan fingerprint density at radius 1 is 1.75 bits per heavy atom. The molecule has 0 aromatic rings. The number of carboxylic acid groups (broad SMARTS) is 1. The summed E-state index contributed by atoms with van der Waals surface area (Å²) < 4.78 is 18.3. The van der Waals surface area contributed by atoms with Crippen molar-refractivity contribution in [2.24, 2.45) is 5.92 Å². The molecule has 1 aliphatic rings. The molecule has 0 aromatic carbocycles. The molecule has 1 fully saturated rings. The van der Waals surface area contributed by atoms with Crippen LogP contribution in [-0.2, 0) is 9.53 Å². The molecule has 3 nitrogen and oxygen atoms in total. The van der Waals surface area contributed by atoms with E-state index in [4.69, 9.17) is 9.84 Å². The van der Waals surface area contributed by atoms with Crippen LogP contribution >= 0.6 is 0 Å². The summed E-state index contributed by atoms with van der Waals surface area (Å²) in [4.78, 5) is 10.3. The summed E-state index contributed by atoms with van der Waals surface area (Å²) in [5.41, 5.74) is -0.641. The molecule has 0 aromatic heterocycles. The summed E-state index contributed by atoms with van der Waals surface area (Å²) in [5.74, 6) is -1.91. The summed E-state index contributed by atoms with van der Waals surface area (Å²) in [7, 11) is 0. The molecule has 1 aliphatic heterocycles. The van der Waals surface area contributed by atoms with E-state index in [1.54, 1.807) is 13.8 Å². The maximum absolute atomic E-state index is 13.0. The number of ether oxygens (including phenoxy) is 1. The molecule has 0 radical (unpaired) electrons. The quantitative estimate of drug-likeness (QED) is 0.688. The SMILES string of the molecule is CC1(C)OCCC1C(F)C(=O)O. The van der Waals surface area contributed by atoms with Crippen molar-refractivity contribution in [3.8, 4) is 0 Å². The Bertz CT molecular complexity index is 191. The fourth-order valence-corrected chi connectivity index (χ4v) is 1.57. The lowest BCUT2D eigenvalue weighted by molar-refractivity contribution is -0.147. The fraction of sp³-hybridized carbons (Fsp3) is 0.875. The standard InChI is InChI=1S/C8H13FO3/c1-8(2)5(3-4-12-8)6(9)7(10)11/h5-6H,3-4H2,1-2H3,(H,10,11). The van der Waals surface area contributed by atoms with Crippen LogP contribution in [0.3, 0.4) is 0 Å². The van der Waals surface area contributed by atoms with Gasteiger partial charge in [0.25, 0.3) is 0 Å². The van der Waals surface area contributed by atoms with Crippen LogP contribution in [0.5, 0.6) is 0 Å². The molecule has 0 saturated carbocycles. The molecule has 0 bridgehead atoms. The summed E-state index contributed by atoms with van der Waals surface area (Å²) in [6, 6.07) is 0. The predicted octanol–water partition coefficient (Wildman–Crippen LogP) is 1.22. The van der Waals surface area contributed by atoms with Crippen LogP contribution in [0.25, 0.3) is 0 Å². The largest absolute Gasteiger partial charge is 0.479 e. The minimum atomic E-state index is -1.80. The van der Waals surface area contributed by atoms with E-state index in [0.717, 1.165) is 0 Å². The topological polar surface area (TPSA) is 46.5 Å². The Hall–Kier alpha value is -0.640. The lowest BCUT2D eigenvalue weighted by atomic mass is 9.87. The van der Waals surface area contributed by atoms with Gasteiger partial charge in [0, 0.05) is 12.5 Å². The molecule has 1 N–H and O–H groups in total. The van der Waals surface area contributed by atoms with E-state index >= 15 is 0 Å². The van der Waals surface area contributed by atoms with Crippen molar-refractivity contribution in [2.75, 3.05) is 6.61 Å². The molecular weight excluding hydrogens is 163 g/mol. The van der Waals surface area contributed by atoms with Gasteiger partial charge in [0.2, 0.25) is 6.17 Å². The van der Waals surface area contributed by atoms with Crippen LogP contribution in [0, 0.1) is 5.92 Å². The van der Waals surface area contributed by atoms with E-state index in [1.807, 2.05) is 0 Å². The lowest BCUT2D eigenvalue weighted by Crippen LogP contribution is -2.37. The fourth-order valence-electron chi connectivity index (χ4n) is 1.57. The predicted molar refractivity (Wildman–Crippen MR) is 40.7 cm³/mol. The zero-order valence-electron chi connectivity index (χ0n) is 7.21. The summed E-state index contributed by atoms with van der Waals surface area (Å²) in [6.07, 6.45) is -1.32. The van der Waals surface area contributed by atoms with Gasteiger partial charge in [0.15, 0.2) is 0 Å². The highest BCUT2D eigenvalue weighted by Crippen LogP contribution is 2.35. The molecule has 0 aliphatic carbocycles. The van der Waals surface area contributed by atoms with Crippen molar-refractivity contribution < 1.29 is 19.0 Å². The van der Waals surface area contributed by atoms with E-state index < -0.39 is 23.7 Å². The minimum absolute atomic E-state index is 0.450. The van der Waals surface area contributed by atoms with Crippen molar-refractivity contribution in [1.29, 1.82) is 0 Å². The van der Waals surface area contributed by atoms with Crippen LogP contribution in [0.1, 0.15) is 20.3 Å². The maximum atomic E-state index is 13.0. The zero-order chi connectivity index (χ0) is 9.35. The molecule has 1 saturated heterocycles. The molecule has 1 rings (SSSR count). The van der Waals surface area contributed by atoms with Gasteiger partial charge in [0.05, 0.1) is 5.60 Å². The zero-order valence-corrected chi connectivity index (χ0v) is 7.21. The molecule has 2 atom stereocenters. The van der Waals surface area contributed by atoms with Crippen LogP contribution in [0.15, 0.2) is 0 Å². The highest BCUT2D eigenvalue weighted by atomic mass is 19.1. The minimum Gasteiger partial charge on any atom is -0.479 e. The molecule has 4 heteroatoms. The number of alkyl halides is 1. The van der Waals surface area contributed by atoms with Crippen LogP contribution in [0.2, 0.25) is 0 Å². The number of halogens is 1. The second kappa shape index (κ2) is 3.01. The van der Waals surface area contributed by atoms with Gasteiger partial charge < -0.3 is 9.84 Å². The molecular formula is C8H13FO3. The van der Waals surface area contributed by atoms with Gasteiger partial charge in [-0.15, -0.1) is 0 Å². The van der Waals surface area contributed by atoms with Crippen molar-refractivity contribution in [3.05, 3.63) is 0 Å². The van der Waals surface area contributed by atoms with Gasteiger partial charge >= 0.3 is 5.97 Å². The summed E-state index contributed by atoms with van der Waals surface area (Å²) >= 11 is 0. The number of rotatable bonds is 2. The molecule has 0 spiro atoms. The highest BCUT2D eigenvalue weighted by molar-refractivity contribution is 5.72. The number of carboxylic acids is 1. The highest BCUT2D eigenvalue weighted by Gasteiger charge is 2.44. The monoisotopic (exact) mass is 176 g/mol. The van der Waals surface area contributed by atoms with Crippen molar-refractivity contribution >= 4 is 5.97 Å². The van der Waals surface area contributed by atoms with Crippen molar-refractivity contribution in [2.45, 2.75) is 32.0 Å². The van der Waals surface area contributed by atoms with E-state index in [9.17, 15) is 9.18 Å². The van der Waals surface area contributed by atoms with E-state index in [2.05, 4.69) is 0 Å². The first kappa shape index (κ1) is 9.45. The van der Waals surface area contributed by atoms with Gasteiger partial charge in [-0.2, -0.15) is 0 Å². The Morgan fingerprint density at radius 2 is 2.33 bits per heavy atom. The van der Waals surface area contributed by atoms with Crippen molar-refractivity contribution in [1.82, 2.24) is 0 Å². The third-order valence-electron chi connectivity index (χ3n) is 2.39. The average molecular weight is 176 g/mol. The molecule has 70 valence electrons. The van der Waals surface area contributed by atoms with Crippen molar-refractivity contribution in [3.63, 3.8) is 0 Å². The number of carbonyl (C=O) groups is 1. The molecule has 2 unspecified atom stereocenters. The second-order valence-electron chi connectivity index (χ2n) is 3.59. The number of aliphatic carboxylic acids is 1. The first-order valence-corrected chi connectivity index (χ1v) is 3.96. The third kappa shape index (κ3) is 1.58. The Kier molecular flexibility index (Phi) is 2.37. The van der Waals surface area contributed by atoms with Crippen LogP contribution in [-0.4, -0.2) is 29.5 Å². The van der Waals surface area contributed by atoms with E-state index in [-0.39, 0.29) is 0 Å². The van der Waals surface area contributed by atoms with Gasteiger partial charge in [-0.3, -0.25) is 0 Å². The van der Waals surface area contributed by atoms with Gasteiger partial charge in [-0.1, -0.05) is 0 Å². The first-order chi connectivity index (χ1) is 5.45. The van der Waals surface area contributed by atoms with Gasteiger partial charge in [0.1, 0.15) is 0 Å².